The summed E-state index contributed by atoms with van der Waals surface area (Å²) in [7, 11) is -3.80. The van der Waals surface area contributed by atoms with E-state index in [1.165, 1.54) is 6.20 Å². The van der Waals surface area contributed by atoms with E-state index >= 15 is 0 Å². The largest absolute Gasteiger partial charge is 0.439 e. The summed E-state index contributed by atoms with van der Waals surface area (Å²) in [6.07, 6.45) is 1.52. The van der Waals surface area contributed by atoms with Crippen molar-refractivity contribution in [3.8, 4) is 17.4 Å². The summed E-state index contributed by atoms with van der Waals surface area (Å²) in [5.74, 6) is 2.66. The number of hydrogen-bond donors (Lipinski definition) is 1. The number of anilines is 1. The SMILES string of the molecule is CCn1cc(S(=O)(=O)Nc2ccc(Oc3cc(-n4nc(C)c(C)c4C)nc(C)n3)cc2)nc1C. The minimum atomic E-state index is -3.80. The van der Waals surface area contributed by atoms with Crippen LogP contribution < -0.4 is 9.46 Å². The predicted molar refractivity (Wildman–Crippen MR) is 128 cm³/mol. The minimum absolute atomic E-state index is 0.0180. The summed E-state index contributed by atoms with van der Waals surface area (Å²) in [6.45, 7) is 12.1. The molecule has 1 aromatic carbocycles. The Morgan fingerprint density at radius 2 is 1.71 bits per heavy atom. The van der Waals surface area contributed by atoms with E-state index in [1.807, 2.05) is 27.7 Å². The van der Waals surface area contributed by atoms with Crippen molar-refractivity contribution in [2.75, 3.05) is 4.72 Å². The highest BCUT2D eigenvalue weighted by molar-refractivity contribution is 7.92. The molecule has 1 N–H and O–H groups in total. The molecule has 11 heteroatoms. The first kappa shape index (κ1) is 23.4. The Bertz CT molecular complexity index is 1450. The Balaban J connectivity index is 1.53. The van der Waals surface area contributed by atoms with Gasteiger partial charge in [-0.3, -0.25) is 4.72 Å². The first-order valence-corrected chi connectivity index (χ1v) is 12.3. The molecule has 0 aliphatic heterocycles. The van der Waals surface area contributed by atoms with Crippen LogP contribution in [0.4, 0.5) is 5.69 Å². The average molecular weight is 482 g/mol. The number of sulfonamides is 1. The Kier molecular flexibility index (Phi) is 6.13. The lowest BCUT2D eigenvalue weighted by molar-refractivity contribution is 0.459. The van der Waals surface area contributed by atoms with E-state index in [2.05, 4.69) is 24.8 Å². The number of benzene rings is 1. The second-order valence-corrected chi connectivity index (χ2v) is 9.59. The third-order valence-electron chi connectivity index (χ3n) is 5.57. The Hall–Kier alpha value is -3.73. The molecule has 0 aliphatic rings. The maximum Gasteiger partial charge on any atom is 0.280 e. The molecule has 34 heavy (non-hydrogen) atoms. The van der Waals surface area contributed by atoms with Gasteiger partial charge in [0.25, 0.3) is 10.0 Å². The normalized spacial score (nSPS) is 11.6. The summed E-state index contributed by atoms with van der Waals surface area (Å²) in [6, 6.07) is 8.29. The predicted octanol–water partition coefficient (Wildman–Crippen LogP) is 4.01. The van der Waals surface area contributed by atoms with E-state index in [4.69, 9.17) is 4.74 Å². The molecule has 0 unspecified atom stereocenters. The van der Waals surface area contributed by atoms with Gasteiger partial charge in [0.2, 0.25) is 5.88 Å². The minimum Gasteiger partial charge on any atom is -0.439 e. The van der Waals surface area contributed by atoms with Crippen LogP contribution in [0.2, 0.25) is 0 Å². The van der Waals surface area contributed by atoms with Crippen LogP contribution in [-0.2, 0) is 16.6 Å². The molecule has 0 amide bonds. The lowest BCUT2D eigenvalue weighted by atomic mass is 10.2. The van der Waals surface area contributed by atoms with Crippen molar-refractivity contribution >= 4 is 15.7 Å². The first-order valence-electron chi connectivity index (χ1n) is 10.8. The fraction of sp³-hybridized carbons (Fsp3) is 0.304. The topological polar surface area (TPSA) is 117 Å². The molecular formula is C23H27N7O3S. The zero-order valence-corrected chi connectivity index (χ0v) is 20.8. The van der Waals surface area contributed by atoms with Crippen LogP contribution in [0.5, 0.6) is 11.6 Å². The van der Waals surface area contributed by atoms with Gasteiger partial charge < -0.3 is 9.30 Å². The highest BCUT2D eigenvalue weighted by atomic mass is 32.2. The molecule has 3 aromatic heterocycles. The van der Waals surface area contributed by atoms with Crippen LogP contribution >= 0.6 is 0 Å². The number of rotatable bonds is 7. The summed E-state index contributed by atoms with van der Waals surface area (Å²) in [4.78, 5) is 13.0. The fourth-order valence-corrected chi connectivity index (χ4v) is 4.55. The first-order chi connectivity index (χ1) is 16.1. The summed E-state index contributed by atoms with van der Waals surface area (Å²) in [5.41, 5.74) is 3.44. The third kappa shape index (κ3) is 4.65. The van der Waals surface area contributed by atoms with Gasteiger partial charge in [-0.05, 0) is 71.4 Å². The molecule has 0 spiro atoms. The van der Waals surface area contributed by atoms with Crippen molar-refractivity contribution in [3.63, 3.8) is 0 Å². The van der Waals surface area contributed by atoms with Crippen molar-refractivity contribution in [2.24, 2.45) is 0 Å². The van der Waals surface area contributed by atoms with Gasteiger partial charge in [0.1, 0.15) is 17.4 Å². The van der Waals surface area contributed by atoms with E-state index in [1.54, 1.807) is 53.4 Å². The van der Waals surface area contributed by atoms with Crippen molar-refractivity contribution in [1.82, 2.24) is 29.3 Å². The second kappa shape index (κ2) is 8.90. The summed E-state index contributed by atoms with van der Waals surface area (Å²) >= 11 is 0. The maximum absolute atomic E-state index is 12.7. The molecule has 0 bridgehead atoms. The standard InChI is InChI=1S/C23H27N7O3S/c1-7-29-13-23(26-18(29)6)34(31,32)28-19-8-10-20(11-9-19)33-22-12-21(24-17(5)25-22)30-16(4)14(2)15(3)27-30/h8-13,28H,7H2,1-6H3. The van der Waals surface area contributed by atoms with E-state index in [0.29, 0.717) is 41.3 Å². The summed E-state index contributed by atoms with van der Waals surface area (Å²) in [5, 5.41) is 4.53. The molecule has 3 heterocycles. The molecule has 10 nitrogen and oxygen atoms in total. The van der Waals surface area contributed by atoms with Crippen molar-refractivity contribution in [2.45, 2.75) is 53.1 Å². The lowest BCUT2D eigenvalue weighted by Gasteiger charge is -2.10. The fourth-order valence-electron chi connectivity index (χ4n) is 3.48. The molecule has 0 atom stereocenters. The van der Waals surface area contributed by atoms with E-state index in [9.17, 15) is 8.42 Å². The van der Waals surface area contributed by atoms with Crippen molar-refractivity contribution < 1.29 is 13.2 Å². The molecule has 0 saturated carbocycles. The van der Waals surface area contributed by atoms with Gasteiger partial charge in [-0.15, -0.1) is 0 Å². The van der Waals surface area contributed by atoms with Crippen LogP contribution in [0.25, 0.3) is 5.82 Å². The number of aromatic nitrogens is 6. The van der Waals surface area contributed by atoms with E-state index in [-0.39, 0.29) is 5.03 Å². The number of imidazole rings is 1. The highest BCUT2D eigenvalue weighted by Gasteiger charge is 2.19. The molecule has 4 rings (SSSR count). The van der Waals surface area contributed by atoms with Crippen LogP contribution in [0.15, 0.2) is 41.6 Å². The molecule has 0 radical (unpaired) electrons. The quantitative estimate of drug-likeness (QED) is 0.424. The van der Waals surface area contributed by atoms with Crippen LogP contribution in [-0.4, -0.2) is 37.7 Å². The highest BCUT2D eigenvalue weighted by Crippen LogP contribution is 2.25. The second-order valence-electron chi connectivity index (χ2n) is 7.96. The van der Waals surface area contributed by atoms with E-state index < -0.39 is 10.0 Å². The van der Waals surface area contributed by atoms with Gasteiger partial charge in [-0.2, -0.15) is 18.5 Å². The van der Waals surface area contributed by atoms with Crippen molar-refractivity contribution in [1.29, 1.82) is 0 Å². The molecule has 0 fully saturated rings. The molecule has 178 valence electrons. The molecular weight excluding hydrogens is 454 g/mol. The number of hydrogen-bond acceptors (Lipinski definition) is 7. The monoisotopic (exact) mass is 481 g/mol. The number of ether oxygens (including phenoxy) is 1. The molecule has 0 aliphatic carbocycles. The smallest absolute Gasteiger partial charge is 0.280 e. The Labute approximate surface area is 198 Å². The zero-order chi connectivity index (χ0) is 24.6. The number of nitrogens with zero attached hydrogens (tertiary/aromatic N) is 6. The van der Waals surface area contributed by atoms with Gasteiger partial charge in [0.05, 0.1) is 5.69 Å². The average Bonchev–Trinajstić information content (AvgIpc) is 3.29. The molecule has 0 saturated heterocycles. The number of aryl methyl sites for hydroxylation is 4. The molecule has 4 aromatic rings. The third-order valence-corrected chi connectivity index (χ3v) is 6.82. The van der Waals surface area contributed by atoms with Gasteiger partial charge in [0, 0.05) is 30.2 Å². The number of nitrogens with one attached hydrogen (secondary N) is 1. The summed E-state index contributed by atoms with van der Waals surface area (Å²) < 4.78 is 37.4. The zero-order valence-electron chi connectivity index (χ0n) is 20.0. The van der Waals surface area contributed by atoms with Crippen LogP contribution in [0.1, 0.15) is 35.5 Å². The lowest BCUT2D eigenvalue weighted by Crippen LogP contribution is -2.13. The van der Waals surface area contributed by atoms with Gasteiger partial charge in [-0.1, -0.05) is 0 Å². The van der Waals surface area contributed by atoms with E-state index in [0.717, 1.165) is 17.0 Å². The van der Waals surface area contributed by atoms with Crippen LogP contribution in [0, 0.1) is 34.6 Å². The van der Waals surface area contributed by atoms with Gasteiger partial charge in [0.15, 0.2) is 10.8 Å². The van der Waals surface area contributed by atoms with Crippen molar-refractivity contribution in [3.05, 3.63) is 65.1 Å². The van der Waals surface area contributed by atoms with Crippen LogP contribution in [0.3, 0.4) is 0 Å². The van der Waals surface area contributed by atoms with Gasteiger partial charge >= 0.3 is 0 Å². The Morgan fingerprint density at radius 1 is 1.00 bits per heavy atom. The maximum atomic E-state index is 12.7. The van der Waals surface area contributed by atoms with Gasteiger partial charge in [-0.25, -0.2) is 14.6 Å². The Morgan fingerprint density at radius 3 is 2.29 bits per heavy atom.